The van der Waals surface area contributed by atoms with E-state index < -0.39 is 0 Å². The van der Waals surface area contributed by atoms with Crippen LogP contribution in [-0.4, -0.2) is 43.0 Å². The molecule has 1 saturated heterocycles. The molecule has 0 atom stereocenters. The van der Waals surface area contributed by atoms with E-state index >= 15 is 0 Å². The van der Waals surface area contributed by atoms with E-state index in [0.29, 0.717) is 0 Å². The van der Waals surface area contributed by atoms with Crippen LogP contribution in [0.15, 0.2) is 36.0 Å². The number of nitrogens with zero attached hydrogens (tertiary/aromatic N) is 3. The monoisotopic (exact) mass is 338 g/mol. The Kier molecular flexibility index (Phi) is 5.60. The average Bonchev–Trinajstić information content (AvgIpc) is 3.13. The maximum absolute atomic E-state index is 12.3. The number of hydrogen-bond donors (Lipinski definition) is 1. The third kappa shape index (κ3) is 4.54. The highest BCUT2D eigenvalue weighted by atomic mass is 16.1. The summed E-state index contributed by atoms with van der Waals surface area (Å²) in [6.07, 6.45) is 6.12. The molecule has 1 aliphatic carbocycles. The Morgan fingerprint density at radius 2 is 1.96 bits per heavy atom. The summed E-state index contributed by atoms with van der Waals surface area (Å²) in [5.41, 5.74) is 2.72. The second kappa shape index (κ2) is 8.06. The summed E-state index contributed by atoms with van der Waals surface area (Å²) in [5, 5.41) is 12.3. The second-order valence-electron chi connectivity index (χ2n) is 6.97. The first-order chi connectivity index (χ1) is 12.2. The molecule has 1 aromatic carbocycles. The van der Waals surface area contributed by atoms with Gasteiger partial charge in [0.15, 0.2) is 0 Å². The van der Waals surface area contributed by atoms with Gasteiger partial charge in [0.2, 0.25) is 0 Å². The molecule has 2 fully saturated rings. The van der Waals surface area contributed by atoms with Crippen LogP contribution in [-0.2, 0) is 4.79 Å². The van der Waals surface area contributed by atoms with Crippen LogP contribution >= 0.6 is 0 Å². The summed E-state index contributed by atoms with van der Waals surface area (Å²) in [5.74, 6) is -0.226. The SMILES string of the molecule is Cc1cccc(N2CCN(/C=C(/C#N)C(=O)NC3CCCC3)CC2)c1. The summed E-state index contributed by atoms with van der Waals surface area (Å²) < 4.78 is 0. The van der Waals surface area contributed by atoms with Gasteiger partial charge in [-0.15, -0.1) is 0 Å². The number of rotatable bonds is 4. The van der Waals surface area contributed by atoms with Crippen molar-refractivity contribution in [3.05, 3.63) is 41.6 Å². The lowest BCUT2D eigenvalue weighted by molar-refractivity contribution is -0.117. The van der Waals surface area contributed by atoms with Crippen molar-refractivity contribution >= 4 is 11.6 Å². The van der Waals surface area contributed by atoms with E-state index in [-0.39, 0.29) is 17.5 Å². The van der Waals surface area contributed by atoms with Crippen LogP contribution in [0, 0.1) is 18.3 Å². The minimum atomic E-state index is -0.226. The van der Waals surface area contributed by atoms with Crippen molar-refractivity contribution < 1.29 is 4.79 Å². The van der Waals surface area contributed by atoms with Crippen LogP contribution in [0.4, 0.5) is 5.69 Å². The minimum Gasteiger partial charge on any atom is -0.373 e. The van der Waals surface area contributed by atoms with E-state index in [2.05, 4.69) is 52.4 Å². The predicted octanol–water partition coefficient (Wildman–Crippen LogP) is 2.58. The van der Waals surface area contributed by atoms with Crippen molar-refractivity contribution in [3.63, 3.8) is 0 Å². The molecule has 0 bridgehead atoms. The van der Waals surface area contributed by atoms with Gasteiger partial charge in [-0.25, -0.2) is 0 Å². The fraction of sp³-hybridized carbons (Fsp3) is 0.500. The molecule has 132 valence electrons. The fourth-order valence-corrected chi connectivity index (χ4v) is 3.59. The molecule has 1 aliphatic heterocycles. The van der Waals surface area contributed by atoms with Gasteiger partial charge in [0.1, 0.15) is 11.6 Å². The Balaban J connectivity index is 1.56. The summed E-state index contributed by atoms with van der Waals surface area (Å²) in [4.78, 5) is 16.7. The Morgan fingerprint density at radius 3 is 2.60 bits per heavy atom. The Labute approximate surface area is 149 Å². The topological polar surface area (TPSA) is 59.4 Å². The standard InChI is InChI=1S/C20H26N4O/c1-16-5-4-8-19(13-16)24-11-9-23(10-12-24)15-17(14-21)20(25)22-18-6-2-3-7-18/h4-5,8,13,15,18H,2-3,6-7,9-12H2,1H3,(H,22,25)/b17-15-. The highest BCUT2D eigenvalue weighted by Gasteiger charge is 2.21. The van der Waals surface area contributed by atoms with Crippen molar-refractivity contribution in [1.82, 2.24) is 10.2 Å². The summed E-state index contributed by atoms with van der Waals surface area (Å²) in [6.45, 7) is 5.52. The van der Waals surface area contributed by atoms with Gasteiger partial charge in [-0.05, 0) is 37.5 Å². The molecule has 5 heteroatoms. The van der Waals surface area contributed by atoms with Crippen LogP contribution in [0.1, 0.15) is 31.2 Å². The molecule has 1 N–H and O–H groups in total. The zero-order chi connectivity index (χ0) is 17.6. The van der Waals surface area contributed by atoms with Crippen LogP contribution < -0.4 is 10.2 Å². The molecule has 3 rings (SSSR count). The van der Waals surface area contributed by atoms with Gasteiger partial charge < -0.3 is 15.1 Å². The molecule has 0 unspecified atom stereocenters. The summed E-state index contributed by atoms with van der Waals surface area (Å²) in [7, 11) is 0. The molecular weight excluding hydrogens is 312 g/mol. The molecule has 0 aromatic heterocycles. The number of carbonyl (C=O) groups is 1. The first-order valence-electron chi connectivity index (χ1n) is 9.14. The molecule has 1 aromatic rings. The fourth-order valence-electron chi connectivity index (χ4n) is 3.59. The number of hydrogen-bond acceptors (Lipinski definition) is 4. The van der Waals surface area contributed by atoms with Crippen LogP contribution in [0.25, 0.3) is 0 Å². The number of piperazine rings is 1. The van der Waals surface area contributed by atoms with E-state index in [1.807, 2.05) is 0 Å². The van der Waals surface area contributed by atoms with E-state index in [4.69, 9.17) is 0 Å². The lowest BCUT2D eigenvalue weighted by atomic mass is 10.2. The highest BCUT2D eigenvalue weighted by molar-refractivity contribution is 5.97. The molecule has 1 saturated carbocycles. The Morgan fingerprint density at radius 1 is 1.24 bits per heavy atom. The molecule has 1 amide bonds. The van der Waals surface area contributed by atoms with Gasteiger partial charge in [0.25, 0.3) is 5.91 Å². The third-order valence-corrected chi connectivity index (χ3v) is 5.05. The summed E-state index contributed by atoms with van der Waals surface area (Å²) in [6, 6.07) is 10.8. The van der Waals surface area contributed by atoms with Gasteiger partial charge in [0, 0.05) is 44.1 Å². The lowest BCUT2D eigenvalue weighted by Gasteiger charge is -2.35. The number of carbonyl (C=O) groups excluding carboxylic acids is 1. The van der Waals surface area contributed by atoms with Crippen LogP contribution in [0.2, 0.25) is 0 Å². The first-order valence-corrected chi connectivity index (χ1v) is 9.14. The second-order valence-corrected chi connectivity index (χ2v) is 6.97. The zero-order valence-electron chi connectivity index (χ0n) is 14.9. The molecule has 5 nitrogen and oxygen atoms in total. The quantitative estimate of drug-likeness (QED) is 0.677. The van der Waals surface area contributed by atoms with Crippen LogP contribution in [0.3, 0.4) is 0 Å². The Hall–Kier alpha value is -2.48. The van der Waals surface area contributed by atoms with E-state index in [9.17, 15) is 10.1 Å². The van der Waals surface area contributed by atoms with Crippen molar-refractivity contribution in [2.75, 3.05) is 31.1 Å². The van der Waals surface area contributed by atoms with E-state index in [1.165, 1.54) is 11.3 Å². The molecule has 1 heterocycles. The maximum atomic E-state index is 12.3. The van der Waals surface area contributed by atoms with E-state index in [1.54, 1.807) is 6.20 Å². The first kappa shape index (κ1) is 17.3. The number of anilines is 1. The summed E-state index contributed by atoms with van der Waals surface area (Å²) >= 11 is 0. The van der Waals surface area contributed by atoms with Gasteiger partial charge in [-0.2, -0.15) is 5.26 Å². The third-order valence-electron chi connectivity index (χ3n) is 5.05. The van der Waals surface area contributed by atoms with Crippen molar-refractivity contribution in [1.29, 1.82) is 5.26 Å². The number of nitriles is 1. The number of amides is 1. The predicted molar refractivity (Wildman–Crippen MR) is 99.1 cm³/mol. The normalized spacial score (nSPS) is 19.0. The molecular formula is C20H26N4O. The van der Waals surface area contributed by atoms with Gasteiger partial charge in [0.05, 0.1) is 0 Å². The van der Waals surface area contributed by atoms with E-state index in [0.717, 1.165) is 51.9 Å². The number of nitrogens with one attached hydrogen (secondary N) is 1. The molecule has 25 heavy (non-hydrogen) atoms. The largest absolute Gasteiger partial charge is 0.373 e. The van der Waals surface area contributed by atoms with Crippen molar-refractivity contribution in [2.24, 2.45) is 0 Å². The Bertz CT molecular complexity index is 677. The molecule has 0 radical (unpaired) electrons. The number of benzene rings is 1. The molecule has 2 aliphatic rings. The lowest BCUT2D eigenvalue weighted by Crippen LogP contribution is -2.44. The van der Waals surface area contributed by atoms with Crippen molar-refractivity contribution in [3.8, 4) is 6.07 Å². The van der Waals surface area contributed by atoms with Gasteiger partial charge in [-0.3, -0.25) is 4.79 Å². The molecule has 0 spiro atoms. The van der Waals surface area contributed by atoms with Gasteiger partial charge in [-0.1, -0.05) is 25.0 Å². The highest BCUT2D eigenvalue weighted by Crippen LogP contribution is 2.19. The smallest absolute Gasteiger partial charge is 0.263 e. The van der Waals surface area contributed by atoms with Crippen LogP contribution in [0.5, 0.6) is 0 Å². The maximum Gasteiger partial charge on any atom is 0.263 e. The van der Waals surface area contributed by atoms with Gasteiger partial charge >= 0.3 is 0 Å². The minimum absolute atomic E-state index is 0.218. The number of aryl methyl sites for hydroxylation is 1. The average molecular weight is 338 g/mol. The van der Waals surface area contributed by atoms with Crippen molar-refractivity contribution in [2.45, 2.75) is 38.6 Å². The zero-order valence-corrected chi connectivity index (χ0v) is 14.9.